The van der Waals surface area contributed by atoms with Crippen molar-refractivity contribution in [3.8, 4) is 5.75 Å². The highest BCUT2D eigenvalue weighted by molar-refractivity contribution is 7.19. The van der Waals surface area contributed by atoms with Gasteiger partial charge in [-0.05, 0) is 41.7 Å². The van der Waals surface area contributed by atoms with Crippen LogP contribution in [0.4, 0.5) is 16.3 Å². The van der Waals surface area contributed by atoms with E-state index in [1.54, 1.807) is 24.8 Å². The maximum absolute atomic E-state index is 11.7. The minimum absolute atomic E-state index is 0.0660. The number of carbonyl (C=O) groups excluding carboxylic acids is 1. The average Bonchev–Trinajstić information content (AvgIpc) is 3.56. The summed E-state index contributed by atoms with van der Waals surface area (Å²) in [5.41, 5.74) is 4.52. The number of aromatic nitrogens is 2. The Labute approximate surface area is 201 Å². The van der Waals surface area contributed by atoms with E-state index in [4.69, 9.17) is 4.74 Å². The molecule has 1 aromatic carbocycles. The van der Waals surface area contributed by atoms with Crippen molar-refractivity contribution < 1.29 is 9.53 Å². The number of amides is 2. The van der Waals surface area contributed by atoms with Gasteiger partial charge in [0.25, 0.3) is 0 Å². The largest absolute Gasteiger partial charge is 0.495 e. The third-order valence-electron chi connectivity index (χ3n) is 6.77. The first-order chi connectivity index (χ1) is 16.7. The number of methoxy groups -OCH3 is 1. The number of thiophene rings is 1. The lowest BCUT2D eigenvalue weighted by atomic mass is 10.0. The van der Waals surface area contributed by atoms with Gasteiger partial charge >= 0.3 is 6.03 Å². The molecule has 6 rings (SSSR count). The molecular weight excluding hydrogens is 450 g/mol. The van der Waals surface area contributed by atoms with E-state index < -0.39 is 0 Å². The van der Waals surface area contributed by atoms with Crippen molar-refractivity contribution in [3.05, 3.63) is 40.0 Å². The molecule has 2 N–H and O–H groups in total. The summed E-state index contributed by atoms with van der Waals surface area (Å²) in [5, 5.41) is 7.51. The van der Waals surface area contributed by atoms with E-state index in [-0.39, 0.29) is 6.03 Å². The zero-order chi connectivity index (χ0) is 23.1. The van der Waals surface area contributed by atoms with Crippen molar-refractivity contribution in [2.24, 2.45) is 4.99 Å². The molecule has 2 aromatic heterocycles. The first-order valence-electron chi connectivity index (χ1n) is 11.7. The van der Waals surface area contributed by atoms with E-state index in [1.807, 2.05) is 11.1 Å². The van der Waals surface area contributed by atoms with Crippen molar-refractivity contribution in [3.63, 3.8) is 0 Å². The summed E-state index contributed by atoms with van der Waals surface area (Å²) in [6, 6.07) is 4.20. The van der Waals surface area contributed by atoms with Gasteiger partial charge in [-0.15, -0.1) is 11.3 Å². The Kier molecular flexibility index (Phi) is 5.54. The lowest BCUT2D eigenvalue weighted by Gasteiger charge is -2.27. The molecule has 0 aliphatic carbocycles. The standard InChI is InChI=1S/C24H27N7O2S/c1-33-19-10-16-12-25-11-15(16)9-18(19)29-22-21-17-3-7-30(5-2-6-31-8-4-26-24(31)32)13-20(17)34-23(21)28-14-27-22/h9-11,14H,2-8,12-13H2,1H3,(H,26,32)(H,27,28,29). The van der Waals surface area contributed by atoms with Crippen molar-refractivity contribution >= 4 is 45.3 Å². The van der Waals surface area contributed by atoms with Crippen LogP contribution in [0.3, 0.4) is 0 Å². The third-order valence-corrected chi connectivity index (χ3v) is 7.89. The number of rotatable bonds is 7. The molecule has 176 valence electrons. The van der Waals surface area contributed by atoms with Crippen LogP contribution < -0.4 is 15.4 Å². The van der Waals surface area contributed by atoms with Crippen LogP contribution in [-0.2, 0) is 19.5 Å². The number of hydrogen-bond donors (Lipinski definition) is 2. The van der Waals surface area contributed by atoms with E-state index in [1.165, 1.54) is 16.0 Å². The van der Waals surface area contributed by atoms with Crippen molar-refractivity contribution in [2.75, 3.05) is 45.2 Å². The summed E-state index contributed by atoms with van der Waals surface area (Å²) < 4.78 is 5.65. The molecule has 3 aromatic rings. The first kappa shape index (κ1) is 21.3. The van der Waals surface area contributed by atoms with Crippen molar-refractivity contribution in [1.82, 2.24) is 25.1 Å². The molecular formula is C24H27N7O2S. The van der Waals surface area contributed by atoms with Gasteiger partial charge in [0, 0.05) is 50.4 Å². The summed E-state index contributed by atoms with van der Waals surface area (Å²) in [7, 11) is 1.69. The van der Waals surface area contributed by atoms with E-state index in [0.29, 0.717) is 6.54 Å². The minimum Gasteiger partial charge on any atom is -0.495 e. The zero-order valence-electron chi connectivity index (χ0n) is 19.1. The predicted molar refractivity (Wildman–Crippen MR) is 134 cm³/mol. The van der Waals surface area contributed by atoms with Gasteiger partial charge in [-0.1, -0.05) is 0 Å². The smallest absolute Gasteiger partial charge is 0.317 e. The van der Waals surface area contributed by atoms with Crippen LogP contribution in [0.5, 0.6) is 5.75 Å². The normalized spacial score (nSPS) is 17.2. The van der Waals surface area contributed by atoms with Crippen LogP contribution in [0.25, 0.3) is 10.2 Å². The molecule has 1 saturated heterocycles. The average molecular weight is 478 g/mol. The monoisotopic (exact) mass is 477 g/mol. The topological polar surface area (TPSA) is 95.0 Å². The molecule has 3 aliphatic rings. The Hall–Kier alpha value is -3.24. The SMILES string of the molecule is COc1cc2c(cc1Nc1ncnc3sc4c(c13)CCN(CCCN1CCNC1=O)C4)C=NC2. The number of anilines is 2. The van der Waals surface area contributed by atoms with Gasteiger partial charge in [-0.25, -0.2) is 14.8 Å². The van der Waals surface area contributed by atoms with Gasteiger partial charge in [-0.3, -0.25) is 9.89 Å². The lowest BCUT2D eigenvalue weighted by molar-refractivity contribution is 0.207. The van der Waals surface area contributed by atoms with Crippen LogP contribution >= 0.6 is 11.3 Å². The summed E-state index contributed by atoms with van der Waals surface area (Å²) in [6.07, 6.45) is 5.50. The van der Waals surface area contributed by atoms with Gasteiger partial charge in [0.2, 0.25) is 0 Å². The molecule has 2 amide bonds. The van der Waals surface area contributed by atoms with Crippen LogP contribution in [0.15, 0.2) is 23.5 Å². The van der Waals surface area contributed by atoms with E-state index in [9.17, 15) is 4.79 Å². The highest BCUT2D eigenvalue weighted by Crippen LogP contribution is 2.40. The molecule has 1 fully saturated rings. The van der Waals surface area contributed by atoms with Crippen LogP contribution in [0.2, 0.25) is 0 Å². The van der Waals surface area contributed by atoms with Gasteiger partial charge in [0.1, 0.15) is 22.7 Å². The Morgan fingerprint density at radius 1 is 1.24 bits per heavy atom. The number of benzene rings is 1. The van der Waals surface area contributed by atoms with Crippen molar-refractivity contribution in [2.45, 2.75) is 25.9 Å². The maximum Gasteiger partial charge on any atom is 0.317 e. The number of nitrogens with one attached hydrogen (secondary N) is 2. The molecule has 0 bridgehead atoms. The second kappa shape index (κ2) is 8.84. The van der Waals surface area contributed by atoms with Crippen LogP contribution in [0, 0.1) is 0 Å². The molecule has 10 heteroatoms. The number of ether oxygens (including phenoxy) is 1. The maximum atomic E-state index is 11.7. The molecule has 0 unspecified atom stereocenters. The molecule has 34 heavy (non-hydrogen) atoms. The fourth-order valence-corrected chi connectivity index (χ4v) is 6.24. The molecule has 0 atom stereocenters. The summed E-state index contributed by atoms with van der Waals surface area (Å²) in [6.45, 7) is 5.99. The second-order valence-corrected chi connectivity index (χ2v) is 9.93. The number of aliphatic imine (C=N–C) groups is 1. The fourth-order valence-electron chi connectivity index (χ4n) is 5.01. The Balaban J connectivity index is 1.21. The minimum atomic E-state index is 0.0660. The van der Waals surface area contributed by atoms with Gasteiger partial charge in [0.05, 0.1) is 24.7 Å². The van der Waals surface area contributed by atoms with Crippen LogP contribution in [-0.4, -0.2) is 71.8 Å². The van der Waals surface area contributed by atoms with E-state index in [2.05, 4.69) is 42.6 Å². The predicted octanol–water partition coefficient (Wildman–Crippen LogP) is 3.15. The number of fused-ring (bicyclic) bond motifs is 4. The quantitative estimate of drug-likeness (QED) is 0.543. The molecule has 5 heterocycles. The molecule has 9 nitrogen and oxygen atoms in total. The fraction of sp³-hybridized carbons (Fsp3) is 0.417. The summed E-state index contributed by atoms with van der Waals surface area (Å²) in [5.74, 6) is 1.61. The third kappa shape index (κ3) is 3.86. The zero-order valence-corrected chi connectivity index (χ0v) is 20.0. The van der Waals surface area contributed by atoms with Crippen LogP contribution in [0.1, 0.15) is 28.0 Å². The van der Waals surface area contributed by atoms with Gasteiger partial charge < -0.3 is 20.3 Å². The first-order valence-corrected chi connectivity index (χ1v) is 12.5. The second-order valence-electron chi connectivity index (χ2n) is 8.85. The Morgan fingerprint density at radius 3 is 3.03 bits per heavy atom. The Morgan fingerprint density at radius 2 is 2.18 bits per heavy atom. The lowest BCUT2D eigenvalue weighted by Crippen LogP contribution is -2.34. The molecule has 3 aliphatic heterocycles. The van der Waals surface area contributed by atoms with Crippen molar-refractivity contribution in [1.29, 1.82) is 0 Å². The molecule has 0 radical (unpaired) electrons. The van der Waals surface area contributed by atoms with E-state index in [0.717, 1.165) is 85.1 Å². The number of nitrogens with zero attached hydrogens (tertiary/aromatic N) is 5. The number of urea groups is 1. The Bertz CT molecular complexity index is 1290. The summed E-state index contributed by atoms with van der Waals surface area (Å²) in [4.78, 5) is 32.1. The highest BCUT2D eigenvalue weighted by Gasteiger charge is 2.25. The summed E-state index contributed by atoms with van der Waals surface area (Å²) >= 11 is 1.76. The van der Waals surface area contributed by atoms with E-state index >= 15 is 0 Å². The molecule has 0 saturated carbocycles. The highest BCUT2D eigenvalue weighted by atomic mass is 32.1. The number of carbonyl (C=O) groups is 1. The number of hydrogen-bond acceptors (Lipinski definition) is 8. The van der Waals surface area contributed by atoms with Gasteiger partial charge in [0.15, 0.2) is 0 Å². The molecule has 0 spiro atoms. The van der Waals surface area contributed by atoms with Gasteiger partial charge in [-0.2, -0.15) is 0 Å².